The average molecular weight is 403 g/mol. The van der Waals surface area contributed by atoms with Gasteiger partial charge in [-0.15, -0.1) is 5.10 Å². The molecule has 0 N–H and O–H groups in total. The van der Waals surface area contributed by atoms with Gasteiger partial charge in [0.05, 0.1) is 17.8 Å². The van der Waals surface area contributed by atoms with Gasteiger partial charge in [-0.3, -0.25) is 9.78 Å². The lowest BCUT2D eigenvalue weighted by atomic mass is 10.1. The van der Waals surface area contributed by atoms with Crippen LogP contribution < -0.4 is 0 Å². The number of carbonyl (C=O) groups is 1. The second-order valence-corrected chi connectivity index (χ2v) is 7.56. The van der Waals surface area contributed by atoms with Crippen LogP contribution in [-0.2, 0) is 11.3 Å². The van der Waals surface area contributed by atoms with Crippen molar-refractivity contribution < 1.29 is 9.53 Å². The molecule has 1 atom stereocenters. The molecule has 4 heterocycles. The van der Waals surface area contributed by atoms with Crippen molar-refractivity contribution in [3.8, 4) is 0 Å². The third kappa shape index (κ3) is 3.48. The van der Waals surface area contributed by atoms with E-state index in [2.05, 4.69) is 37.6 Å². The molecule has 0 bridgehead atoms. The number of benzene rings is 1. The van der Waals surface area contributed by atoms with Gasteiger partial charge in [-0.05, 0) is 48.4 Å². The van der Waals surface area contributed by atoms with E-state index >= 15 is 0 Å². The van der Waals surface area contributed by atoms with Crippen LogP contribution in [0.1, 0.15) is 34.5 Å². The van der Waals surface area contributed by atoms with E-state index < -0.39 is 0 Å². The molecule has 3 aromatic heterocycles. The zero-order chi connectivity index (χ0) is 20.5. The summed E-state index contributed by atoms with van der Waals surface area (Å²) in [5, 5.41) is 13.3. The zero-order valence-electron chi connectivity index (χ0n) is 16.6. The maximum atomic E-state index is 13.2. The van der Waals surface area contributed by atoms with E-state index in [1.54, 1.807) is 15.6 Å². The highest BCUT2D eigenvalue weighted by Crippen LogP contribution is 2.23. The lowest BCUT2D eigenvalue weighted by Gasteiger charge is -2.25. The fraction of sp³-hybridized carbons (Fsp3) is 0.333. The second kappa shape index (κ2) is 7.75. The van der Waals surface area contributed by atoms with E-state index in [1.807, 2.05) is 19.1 Å². The fourth-order valence-electron chi connectivity index (χ4n) is 3.93. The predicted molar refractivity (Wildman–Crippen MR) is 109 cm³/mol. The summed E-state index contributed by atoms with van der Waals surface area (Å²) in [6.07, 6.45) is 6.52. The largest absolute Gasteiger partial charge is 0.376 e. The average Bonchev–Trinajstić information content (AvgIpc) is 3.45. The van der Waals surface area contributed by atoms with Gasteiger partial charge >= 0.3 is 0 Å². The van der Waals surface area contributed by atoms with Gasteiger partial charge < -0.3 is 9.64 Å². The van der Waals surface area contributed by atoms with Crippen LogP contribution in [0.25, 0.3) is 16.6 Å². The van der Waals surface area contributed by atoms with Crippen molar-refractivity contribution in [2.45, 2.75) is 32.4 Å². The Morgan fingerprint density at radius 3 is 3.03 bits per heavy atom. The van der Waals surface area contributed by atoms with Crippen LogP contribution in [0.4, 0.5) is 0 Å². The Bertz CT molecular complexity index is 1200. The summed E-state index contributed by atoms with van der Waals surface area (Å²) in [6, 6.07) is 8.19. The lowest BCUT2D eigenvalue weighted by Crippen LogP contribution is -2.37. The first-order valence-electron chi connectivity index (χ1n) is 9.96. The molecule has 1 aliphatic heterocycles. The van der Waals surface area contributed by atoms with Gasteiger partial charge in [0.25, 0.3) is 5.91 Å². The molecule has 1 amide bonds. The van der Waals surface area contributed by atoms with E-state index in [9.17, 15) is 4.79 Å². The molecule has 152 valence electrons. The summed E-state index contributed by atoms with van der Waals surface area (Å²) in [4.78, 5) is 23.2. The lowest BCUT2D eigenvalue weighted by molar-refractivity contribution is 0.0503. The molecule has 1 aromatic carbocycles. The standard InChI is InChI=1S/C21H21N7O2/c1-14-4-5-19-15(9-14)10-16(20-24-25-26-28(19)20)12-27(13-17-3-2-8-30-17)21(29)18-11-22-6-7-23-18/h4-7,9-11,17H,2-3,8,12-13H2,1H3/t17-/m0/s1. The second-order valence-electron chi connectivity index (χ2n) is 7.56. The van der Waals surface area contributed by atoms with Crippen molar-refractivity contribution in [3.63, 3.8) is 0 Å². The summed E-state index contributed by atoms with van der Waals surface area (Å²) in [6.45, 7) is 3.60. The highest BCUT2D eigenvalue weighted by atomic mass is 16.5. The minimum Gasteiger partial charge on any atom is -0.376 e. The SMILES string of the molecule is Cc1ccc2c(c1)cc(CN(C[C@@H]1CCCO1)C(=O)c1cnccn1)c1nnnn12. The number of ether oxygens (including phenoxy) is 1. The molecule has 9 heteroatoms. The van der Waals surface area contributed by atoms with E-state index in [0.717, 1.165) is 41.5 Å². The Hall–Kier alpha value is -3.46. The van der Waals surface area contributed by atoms with Gasteiger partial charge in [-0.2, -0.15) is 4.52 Å². The summed E-state index contributed by atoms with van der Waals surface area (Å²) in [5.41, 5.74) is 3.88. The number of carbonyl (C=O) groups excluding carboxylic acids is 1. The maximum Gasteiger partial charge on any atom is 0.274 e. The minimum absolute atomic E-state index is 0.0142. The van der Waals surface area contributed by atoms with Crippen molar-refractivity contribution >= 4 is 22.5 Å². The van der Waals surface area contributed by atoms with Gasteiger partial charge in [-0.1, -0.05) is 11.6 Å². The highest BCUT2D eigenvalue weighted by Gasteiger charge is 2.25. The Balaban J connectivity index is 1.55. The summed E-state index contributed by atoms with van der Waals surface area (Å²) < 4.78 is 7.51. The maximum absolute atomic E-state index is 13.2. The van der Waals surface area contributed by atoms with E-state index in [0.29, 0.717) is 24.4 Å². The number of fused-ring (bicyclic) bond motifs is 3. The van der Waals surface area contributed by atoms with Gasteiger partial charge in [-0.25, -0.2) is 4.98 Å². The first kappa shape index (κ1) is 18.6. The van der Waals surface area contributed by atoms with Crippen molar-refractivity contribution in [2.24, 2.45) is 0 Å². The van der Waals surface area contributed by atoms with Crippen LogP contribution in [0.5, 0.6) is 0 Å². The van der Waals surface area contributed by atoms with Gasteiger partial charge in [0.2, 0.25) is 0 Å². The number of hydrogen-bond acceptors (Lipinski definition) is 7. The normalized spacial score (nSPS) is 16.4. The third-order valence-corrected chi connectivity index (χ3v) is 5.38. The molecule has 0 aliphatic carbocycles. The number of rotatable bonds is 5. The van der Waals surface area contributed by atoms with Crippen LogP contribution in [0.3, 0.4) is 0 Å². The Morgan fingerprint density at radius 1 is 1.30 bits per heavy atom. The zero-order valence-corrected chi connectivity index (χ0v) is 16.6. The molecule has 9 nitrogen and oxygen atoms in total. The van der Waals surface area contributed by atoms with Crippen molar-refractivity contribution in [1.29, 1.82) is 0 Å². The number of nitrogens with zero attached hydrogens (tertiary/aromatic N) is 7. The first-order valence-corrected chi connectivity index (χ1v) is 9.96. The number of pyridine rings is 1. The van der Waals surface area contributed by atoms with Crippen LogP contribution in [0, 0.1) is 6.92 Å². The molecule has 1 saturated heterocycles. The highest BCUT2D eigenvalue weighted by molar-refractivity contribution is 5.92. The molecule has 0 unspecified atom stereocenters. The third-order valence-electron chi connectivity index (χ3n) is 5.38. The van der Waals surface area contributed by atoms with Gasteiger partial charge in [0.1, 0.15) is 5.69 Å². The smallest absolute Gasteiger partial charge is 0.274 e. The Morgan fingerprint density at radius 2 is 2.23 bits per heavy atom. The van der Waals surface area contributed by atoms with Crippen LogP contribution in [0.2, 0.25) is 0 Å². The molecule has 0 radical (unpaired) electrons. The Labute approximate surface area is 172 Å². The van der Waals surface area contributed by atoms with Crippen molar-refractivity contribution in [1.82, 2.24) is 34.9 Å². The molecule has 5 rings (SSSR count). The van der Waals surface area contributed by atoms with Gasteiger partial charge in [0.15, 0.2) is 5.65 Å². The molecular formula is C21H21N7O2. The van der Waals surface area contributed by atoms with E-state index in [-0.39, 0.29) is 12.0 Å². The molecule has 4 aromatic rings. The quantitative estimate of drug-likeness (QED) is 0.504. The molecule has 1 aliphatic rings. The summed E-state index contributed by atoms with van der Waals surface area (Å²) in [7, 11) is 0. The summed E-state index contributed by atoms with van der Waals surface area (Å²) in [5.74, 6) is -0.187. The minimum atomic E-state index is -0.187. The topological polar surface area (TPSA) is 98.4 Å². The van der Waals surface area contributed by atoms with Crippen LogP contribution in [-0.4, -0.2) is 60.1 Å². The summed E-state index contributed by atoms with van der Waals surface area (Å²) >= 11 is 0. The number of amides is 1. The van der Waals surface area contributed by atoms with E-state index in [4.69, 9.17) is 4.74 Å². The molecule has 30 heavy (non-hydrogen) atoms. The van der Waals surface area contributed by atoms with Gasteiger partial charge in [0, 0.05) is 43.0 Å². The number of tetrazole rings is 1. The van der Waals surface area contributed by atoms with Crippen molar-refractivity contribution in [2.75, 3.05) is 13.2 Å². The van der Waals surface area contributed by atoms with Crippen LogP contribution in [0.15, 0.2) is 42.9 Å². The van der Waals surface area contributed by atoms with E-state index in [1.165, 1.54) is 12.4 Å². The number of aromatic nitrogens is 6. The molecule has 1 fully saturated rings. The number of hydrogen-bond donors (Lipinski definition) is 0. The Kier molecular flexibility index (Phi) is 4.80. The van der Waals surface area contributed by atoms with Crippen molar-refractivity contribution in [3.05, 3.63) is 59.7 Å². The predicted octanol–water partition coefficient (Wildman–Crippen LogP) is 2.20. The number of aryl methyl sites for hydroxylation is 1. The fourth-order valence-corrected chi connectivity index (χ4v) is 3.93. The molecular weight excluding hydrogens is 382 g/mol. The van der Waals surface area contributed by atoms with Crippen LogP contribution >= 0.6 is 0 Å². The monoisotopic (exact) mass is 403 g/mol. The molecule has 0 spiro atoms. The first-order chi connectivity index (χ1) is 14.7. The molecule has 0 saturated carbocycles.